The van der Waals surface area contributed by atoms with Gasteiger partial charge in [-0.25, -0.2) is 4.98 Å². The summed E-state index contributed by atoms with van der Waals surface area (Å²) in [5.74, 6) is -0.0849. The molecule has 2 aromatic heterocycles. The first-order valence-electron chi connectivity index (χ1n) is 9.65. The zero-order valence-corrected chi connectivity index (χ0v) is 18.8. The number of rotatable bonds is 13. The number of nitrogens with zero attached hydrogens (tertiary/aromatic N) is 3. The van der Waals surface area contributed by atoms with Crippen LogP contribution in [0.15, 0.2) is 48.0 Å². The molecule has 170 valence electrons. The van der Waals surface area contributed by atoms with Gasteiger partial charge >= 0.3 is 0 Å². The van der Waals surface area contributed by atoms with Crippen LogP contribution in [-0.4, -0.2) is 44.9 Å². The number of benzene rings is 1. The van der Waals surface area contributed by atoms with Crippen LogP contribution in [0.25, 0.3) is 11.2 Å². The van der Waals surface area contributed by atoms with Crippen LogP contribution in [0.4, 0.5) is 5.95 Å². The predicted molar refractivity (Wildman–Crippen MR) is 122 cm³/mol. The van der Waals surface area contributed by atoms with Crippen molar-refractivity contribution in [2.24, 2.45) is 0 Å². The van der Waals surface area contributed by atoms with E-state index in [2.05, 4.69) is 21.5 Å². The lowest BCUT2D eigenvalue weighted by Gasteiger charge is -2.17. The lowest BCUT2D eigenvalue weighted by Crippen LogP contribution is -2.13. The molecule has 3 N–H and O–H groups in total. The fraction of sp³-hybridized carbons (Fsp3) is 0.300. The van der Waals surface area contributed by atoms with E-state index in [0.29, 0.717) is 17.2 Å². The van der Waals surface area contributed by atoms with Gasteiger partial charge in [0.15, 0.2) is 25.3 Å². The lowest BCUT2D eigenvalue weighted by atomic mass is 10.2. The number of aromatic amines is 1. The molecule has 0 spiro atoms. The van der Waals surface area contributed by atoms with E-state index in [1.807, 2.05) is 12.1 Å². The number of nitrogen functional groups attached to an aromatic ring is 1. The fourth-order valence-electron chi connectivity index (χ4n) is 2.69. The van der Waals surface area contributed by atoms with Crippen molar-refractivity contribution in [3.05, 3.63) is 64.2 Å². The number of anilines is 1. The third-order valence-electron chi connectivity index (χ3n) is 4.17. The van der Waals surface area contributed by atoms with Gasteiger partial charge in [-0.05, 0) is 17.7 Å². The Morgan fingerprint density at radius 3 is 3.00 bits per heavy atom. The monoisotopic (exact) mass is 479 g/mol. The number of ketones is 1. The van der Waals surface area contributed by atoms with E-state index in [4.69, 9.17) is 31.1 Å². The highest BCUT2D eigenvalue weighted by atomic mass is 35.5. The summed E-state index contributed by atoms with van der Waals surface area (Å²) in [6.07, 6.45) is 3.40. The van der Waals surface area contributed by atoms with Gasteiger partial charge in [0.05, 0.1) is 19.5 Å². The minimum Gasteiger partial charge on any atom is -0.370 e. The fourth-order valence-corrected chi connectivity index (χ4v) is 3.98. The number of aromatic nitrogens is 4. The minimum absolute atomic E-state index is 0.0145. The van der Waals surface area contributed by atoms with Gasteiger partial charge in [0.1, 0.15) is 13.0 Å². The van der Waals surface area contributed by atoms with Crippen molar-refractivity contribution < 1.29 is 18.6 Å². The molecule has 0 saturated carbocycles. The Balaban J connectivity index is 1.54. The van der Waals surface area contributed by atoms with Gasteiger partial charge in [-0.2, -0.15) is 4.98 Å². The van der Waals surface area contributed by atoms with E-state index in [9.17, 15) is 9.59 Å². The van der Waals surface area contributed by atoms with Crippen molar-refractivity contribution in [1.29, 1.82) is 0 Å². The highest BCUT2D eigenvalue weighted by Crippen LogP contribution is 2.39. The van der Waals surface area contributed by atoms with Gasteiger partial charge in [-0.1, -0.05) is 29.8 Å². The van der Waals surface area contributed by atoms with Crippen molar-refractivity contribution in [3.8, 4) is 0 Å². The number of fused-ring (bicyclic) bond motifs is 1. The standard InChI is InChI=1S/C20H23ClN5O5P/c1-2-4-16(27)11-31-32(30-10-14-5-3-6-15(21)9-14)13-29-8-7-26-12-23-17-18(26)24-20(22)25-19(17)28/h2-3,5-6,9,12H,1,4,7-8,10-11,13H2,(H3,22,24,25,28). The van der Waals surface area contributed by atoms with Crippen LogP contribution in [0.5, 0.6) is 0 Å². The number of ether oxygens (including phenoxy) is 1. The summed E-state index contributed by atoms with van der Waals surface area (Å²) in [6, 6.07) is 7.28. The molecular formula is C20H23ClN5O5P. The quantitative estimate of drug-likeness (QED) is 0.217. The molecule has 0 radical (unpaired) electrons. The topological polar surface area (TPSA) is 134 Å². The first-order valence-corrected chi connectivity index (χ1v) is 11.4. The molecule has 10 nitrogen and oxygen atoms in total. The van der Waals surface area contributed by atoms with Gasteiger partial charge in [-0.15, -0.1) is 6.58 Å². The third kappa shape index (κ3) is 6.94. The summed E-state index contributed by atoms with van der Waals surface area (Å²) >= 11 is 6.01. The molecule has 3 aromatic rings. The van der Waals surface area contributed by atoms with Gasteiger partial charge < -0.3 is 24.1 Å². The highest BCUT2D eigenvalue weighted by molar-refractivity contribution is 7.47. The van der Waals surface area contributed by atoms with E-state index in [0.717, 1.165) is 5.56 Å². The molecular weight excluding hydrogens is 457 g/mol. The number of carbonyl (C=O) groups is 1. The van der Waals surface area contributed by atoms with E-state index >= 15 is 0 Å². The smallest absolute Gasteiger partial charge is 0.280 e. The predicted octanol–water partition coefficient (Wildman–Crippen LogP) is 3.02. The van der Waals surface area contributed by atoms with Gasteiger partial charge in [0.2, 0.25) is 5.95 Å². The number of carbonyl (C=O) groups excluding carboxylic acids is 1. The number of halogens is 1. The third-order valence-corrected chi connectivity index (χ3v) is 5.63. The summed E-state index contributed by atoms with van der Waals surface area (Å²) in [7, 11) is -1.49. The zero-order chi connectivity index (χ0) is 22.9. The summed E-state index contributed by atoms with van der Waals surface area (Å²) in [5, 5.41) is 0.606. The average Bonchev–Trinajstić information content (AvgIpc) is 3.16. The molecule has 0 amide bonds. The Kier molecular flexibility index (Phi) is 8.90. The van der Waals surface area contributed by atoms with Crippen LogP contribution < -0.4 is 11.3 Å². The van der Waals surface area contributed by atoms with E-state index in [1.165, 1.54) is 12.4 Å². The van der Waals surface area contributed by atoms with Crippen LogP contribution in [0.1, 0.15) is 12.0 Å². The Bertz CT molecular complexity index is 1140. The van der Waals surface area contributed by atoms with E-state index < -0.39 is 13.9 Å². The van der Waals surface area contributed by atoms with Crippen molar-refractivity contribution in [3.63, 3.8) is 0 Å². The van der Waals surface area contributed by atoms with E-state index in [-0.39, 0.29) is 49.8 Å². The van der Waals surface area contributed by atoms with Crippen LogP contribution in [0, 0.1) is 0 Å². The Labute approximate surface area is 190 Å². The van der Waals surface area contributed by atoms with Gasteiger partial charge in [0.25, 0.3) is 5.56 Å². The second kappa shape index (κ2) is 11.8. The second-order valence-electron chi connectivity index (χ2n) is 6.64. The molecule has 0 saturated heterocycles. The molecule has 1 unspecified atom stereocenters. The largest absolute Gasteiger partial charge is 0.370 e. The number of allylic oxidation sites excluding steroid dienone is 1. The first kappa shape index (κ1) is 24.0. The highest BCUT2D eigenvalue weighted by Gasteiger charge is 2.15. The van der Waals surface area contributed by atoms with Crippen LogP contribution >= 0.6 is 20.0 Å². The summed E-state index contributed by atoms with van der Waals surface area (Å²) < 4.78 is 18.9. The van der Waals surface area contributed by atoms with Crippen molar-refractivity contribution in [1.82, 2.24) is 19.5 Å². The molecule has 1 aromatic carbocycles. The maximum atomic E-state index is 11.9. The average molecular weight is 480 g/mol. The number of hydrogen-bond donors (Lipinski definition) is 2. The van der Waals surface area contributed by atoms with E-state index in [1.54, 1.807) is 16.7 Å². The molecule has 32 heavy (non-hydrogen) atoms. The number of nitrogens with one attached hydrogen (secondary N) is 1. The maximum absolute atomic E-state index is 11.9. The molecule has 0 aliphatic rings. The minimum atomic E-state index is -1.49. The summed E-state index contributed by atoms with van der Waals surface area (Å²) in [6.45, 7) is 4.40. The number of nitrogens with two attached hydrogens (primary N) is 1. The lowest BCUT2D eigenvalue weighted by molar-refractivity contribution is -0.120. The number of hydrogen-bond acceptors (Lipinski definition) is 8. The first-order chi connectivity index (χ1) is 15.5. The summed E-state index contributed by atoms with van der Waals surface area (Å²) in [4.78, 5) is 34.2. The second-order valence-corrected chi connectivity index (χ2v) is 8.52. The Hall–Kier alpha value is -2.62. The Morgan fingerprint density at radius 1 is 1.38 bits per heavy atom. The van der Waals surface area contributed by atoms with Crippen molar-refractivity contribution >= 4 is 42.9 Å². The maximum Gasteiger partial charge on any atom is 0.280 e. The molecule has 1 atom stereocenters. The van der Waals surface area contributed by atoms with Gasteiger partial charge in [0, 0.05) is 18.0 Å². The summed E-state index contributed by atoms with van der Waals surface area (Å²) in [5.41, 5.74) is 6.66. The number of H-pyrrole nitrogens is 1. The van der Waals surface area contributed by atoms with Gasteiger partial charge in [-0.3, -0.25) is 14.6 Å². The molecule has 0 aliphatic carbocycles. The normalized spacial score (nSPS) is 12.2. The number of imidazole rings is 1. The van der Waals surface area contributed by atoms with Crippen LogP contribution in [0.3, 0.4) is 0 Å². The van der Waals surface area contributed by atoms with Crippen molar-refractivity contribution in [2.45, 2.75) is 19.6 Å². The molecule has 0 fully saturated rings. The molecule has 0 bridgehead atoms. The van der Waals surface area contributed by atoms with Crippen LogP contribution in [-0.2, 0) is 31.7 Å². The van der Waals surface area contributed by atoms with Crippen molar-refractivity contribution in [2.75, 3.05) is 25.3 Å². The molecule has 3 rings (SSSR count). The zero-order valence-electron chi connectivity index (χ0n) is 17.2. The number of Topliss-reactive ketones (excluding diaryl/α,β-unsaturated/α-hetero) is 1. The SMILES string of the molecule is C=CCC(=O)COP(COCCn1cnc2c(=O)[nH]c(N)nc21)OCc1cccc(Cl)c1. The molecule has 0 aliphatic heterocycles. The molecule has 12 heteroatoms. The van der Waals surface area contributed by atoms with Crippen LogP contribution in [0.2, 0.25) is 5.02 Å². The Morgan fingerprint density at radius 2 is 2.22 bits per heavy atom. The molecule has 2 heterocycles.